The molecule has 0 aliphatic carbocycles. The van der Waals surface area contributed by atoms with E-state index in [1.54, 1.807) is 4.90 Å². The van der Waals surface area contributed by atoms with E-state index in [1.807, 2.05) is 50.2 Å². The molecule has 6 rings (SSSR count). The highest BCUT2D eigenvalue weighted by molar-refractivity contribution is 6.36. The monoisotopic (exact) mass is 602 g/mol. The number of nitrogens with zero attached hydrogens (tertiary/aromatic N) is 6. The zero-order valence-corrected chi connectivity index (χ0v) is 25.6. The first-order valence-corrected chi connectivity index (χ1v) is 15.2. The summed E-state index contributed by atoms with van der Waals surface area (Å²) in [7, 11) is 2.11. The number of likely N-dealkylation sites (N-methyl/N-ethyl adjacent to an activating group) is 1. The summed E-state index contributed by atoms with van der Waals surface area (Å²) in [6.45, 7) is 10.0. The van der Waals surface area contributed by atoms with Gasteiger partial charge >= 0.3 is 6.01 Å². The summed E-state index contributed by atoms with van der Waals surface area (Å²) in [5, 5.41) is 2.69. The van der Waals surface area contributed by atoms with Crippen LogP contribution < -0.4 is 9.64 Å². The van der Waals surface area contributed by atoms with Gasteiger partial charge in [0.15, 0.2) is 11.6 Å². The van der Waals surface area contributed by atoms with Crippen LogP contribution in [0.25, 0.3) is 32.9 Å². The molecule has 2 aliphatic heterocycles. The molecular formula is C33H36ClFN6O2. The van der Waals surface area contributed by atoms with E-state index in [0.29, 0.717) is 66.6 Å². The Morgan fingerprint density at radius 3 is 2.60 bits per heavy atom. The van der Waals surface area contributed by atoms with Gasteiger partial charge in [-0.3, -0.25) is 4.79 Å². The van der Waals surface area contributed by atoms with Gasteiger partial charge < -0.3 is 19.4 Å². The number of likely N-dealkylation sites (tertiary alicyclic amines) is 1. The second kappa shape index (κ2) is 12.1. The molecule has 8 nitrogen and oxygen atoms in total. The molecule has 0 saturated carbocycles. The SMILES string of the molecule is C=C(F)C(=O)N1CCN(c2nc(OC[C@@H]3CCCN3C)nc3cc(-c4cccc5cccc(Cl)c45)c(C)nc23)C[C@@H]1CC. The zero-order valence-electron chi connectivity index (χ0n) is 24.8. The molecule has 2 saturated heterocycles. The highest BCUT2D eigenvalue weighted by atomic mass is 35.5. The number of hydrogen-bond acceptors (Lipinski definition) is 7. The number of fused-ring (bicyclic) bond motifs is 2. The topological polar surface area (TPSA) is 74.7 Å². The number of piperazine rings is 1. The van der Waals surface area contributed by atoms with Gasteiger partial charge in [-0.1, -0.05) is 55.4 Å². The number of anilines is 1. The van der Waals surface area contributed by atoms with Gasteiger partial charge in [0, 0.05) is 53.4 Å². The molecule has 43 heavy (non-hydrogen) atoms. The first-order valence-electron chi connectivity index (χ1n) is 14.9. The molecule has 4 aromatic rings. The fourth-order valence-corrected chi connectivity index (χ4v) is 6.66. The van der Waals surface area contributed by atoms with Crippen LogP contribution in [0.4, 0.5) is 10.2 Å². The molecule has 2 fully saturated rings. The minimum atomic E-state index is -0.940. The maximum atomic E-state index is 13.8. The molecule has 0 spiro atoms. The number of halogens is 2. The highest BCUT2D eigenvalue weighted by Gasteiger charge is 2.33. The second-order valence-electron chi connectivity index (χ2n) is 11.5. The molecule has 4 heterocycles. The Balaban J connectivity index is 1.44. The standard InChI is InChI=1S/C33H36ClFN6O2/c1-5-23-18-40(15-16-41(23)32(42)20(2)35)31-30-28(37-33(38-31)43-19-24-11-8-14-39(24)4)17-26(21(3)36-30)25-12-6-9-22-10-7-13-27(34)29(22)25/h6-7,9-10,12-13,17,23-24H,2,5,8,11,14-16,18-19H2,1,3-4H3/t23-,24-/m0/s1. The molecule has 2 aliphatic rings. The Hall–Kier alpha value is -3.82. The lowest BCUT2D eigenvalue weighted by Gasteiger charge is -2.41. The molecule has 1 amide bonds. The van der Waals surface area contributed by atoms with Crippen molar-refractivity contribution in [2.75, 3.05) is 44.7 Å². The Morgan fingerprint density at radius 1 is 1.09 bits per heavy atom. The van der Waals surface area contributed by atoms with E-state index in [0.717, 1.165) is 47.0 Å². The number of aromatic nitrogens is 3. The van der Waals surface area contributed by atoms with E-state index in [1.165, 1.54) is 0 Å². The van der Waals surface area contributed by atoms with Crippen LogP contribution in [0.15, 0.2) is 54.9 Å². The molecule has 2 atom stereocenters. The van der Waals surface area contributed by atoms with E-state index in [9.17, 15) is 9.18 Å². The first-order chi connectivity index (χ1) is 20.7. The van der Waals surface area contributed by atoms with Crippen molar-refractivity contribution >= 4 is 45.1 Å². The molecular weight excluding hydrogens is 567 g/mol. The van der Waals surface area contributed by atoms with Gasteiger partial charge in [0.1, 0.15) is 12.1 Å². The average Bonchev–Trinajstić information content (AvgIpc) is 3.42. The number of rotatable bonds is 7. The van der Waals surface area contributed by atoms with Crippen molar-refractivity contribution in [3.63, 3.8) is 0 Å². The summed E-state index contributed by atoms with van der Waals surface area (Å²) in [5.74, 6) is -0.948. The minimum absolute atomic E-state index is 0.200. The quantitative estimate of drug-likeness (QED) is 0.234. The first kappa shape index (κ1) is 29.3. The fourth-order valence-electron chi connectivity index (χ4n) is 6.37. The summed E-state index contributed by atoms with van der Waals surface area (Å²) in [6.07, 6.45) is 2.87. The normalized spacial score (nSPS) is 19.4. The molecule has 0 radical (unpaired) electrons. The molecule has 2 aromatic heterocycles. The lowest BCUT2D eigenvalue weighted by molar-refractivity contribution is -0.131. The second-order valence-corrected chi connectivity index (χ2v) is 11.9. The summed E-state index contributed by atoms with van der Waals surface area (Å²) in [6, 6.07) is 14.5. The number of benzene rings is 2. The number of amides is 1. The van der Waals surface area contributed by atoms with Gasteiger partial charge in [-0.15, -0.1) is 0 Å². The smallest absolute Gasteiger partial charge is 0.319 e. The summed E-state index contributed by atoms with van der Waals surface area (Å²) in [4.78, 5) is 33.3. The summed E-state index contributed by atoms with van der Waals surface area (Å²) < 4.78 is 20.0. The number of carbonyl (C=O) groups is 1. The zero-order chi connectivity index (χ0) is 30.2. The third-order valence-corrected chi connectivity index (χ3v) is 9.10. The number of pyridine rings is 1. The molecule has 0 bridgehead atoms. The van der Waals surface area contributed by atoms with Gasteiger partial charge in [-0.25, -0.2) is 9.37 Å². The van der Waals surface area contributed by atoms with Crippen LogP contribution in [0.1, 0.15) is 31.9 Å². The van der Waals surface area contributed by atoms with Gasteiger partial charge in [-0.05, 0) is 62.9 Å². The van der Waals surface area contributed by atoms with Crippen molar-refractivity contribution in [1.29, 1.82) is 0 Å². The van der Waals surface area contributed by atoms with E-state index < -0.39 is 11.7 Å². The number of ether oxygens (including phenoxy) is 1. The van der Waals surface area contributed by atoms with Gasteiger partial charge in [0.05, 0.1) is 5.52 Å². The van der Waals surface area contributed by atoms with E-state index in [4.69, 9.17) is 31.3 Å². The van der Waals surface area contributed by atoms with E-state index in [2.05, 4.69) is 29.5 Å². The van der Waals surface area contributed by atoms with Crippen LogP contribution in [0.5, 0.6) is 6.01 Å². The predicted molar refractivity (Wildman–Crippen MR) is 169 cm³/mol. The van der Waals surface area contributed by atoms with Crippen molar-refractivity contribution in [1.82, 2.24) is 24.8 Å². The van der Waals surface area contributed by atoms with Crippen LogP contribution in [-0.4, -0.2) is 82.6 Å². The van der Waals surface area contributed by atoms with Crippen LogP contribution in [0.3, 0.4) is 0 Å². The van der Waals surface area contributed by atoms with Crippen molar-refractivity contribution in [2.24, 2.45) is 0 Å². The molecule has 2 aromatic carbocycles. The lowest BCUT2D eigenvalue weighted by atomic mass is 9.97. The maximum Gasteiger partial charge on any atom is 0.319 e. The van der Waals surface area contributed by atoms with Gasteiger partial charge in [0.2, 0.25) is 0 Å². The van der Waals surface area contributed by atoms with Gasteiger partial charge in [0.25, 0.3) is 5.91 Å². The van der Waals surface area contributed by atoms with Crippen LogP contribution in [-0.2, 0) is 4.79 Å². The number of hydrogen-bond donors (Lipinski definition) is 0. The molecule has 0 N–H and O–H groups in total. The minimum Gasteiger partial charge on any atom is -0.462 e. The Labute approximate surface area is 256 Å². The lowest BCUT2D eigenvalue weighted by Crippen LogP contribution is -2.55. The Morgan fingerprint density at radius 2 is 1.88 bits per heavy atom. The summed E-state index contributed by atoms with van der Waals surface area (Å²) in [5.41, 5.74) is 4.05. The molecule has 10 heteroatoms. The van der Waals surface area contributed by atoms with Gasteiger partial charge in [-0.2, -0.15) is 9.97 Å². The van der Waals surface area contributed by atoms with Crippen molar-refractivity contribution < 1.29 is 13.9 Å². The number of aryl methyl sites for hydroxylation is 1. The number of carbonyl (C=O) groups excluding carboxylic acids is 1. The van der Waals surface area contributed by atoms with Crippen LogP contribution >= 0.6 is 11.6 Å². The average molecular weight is 603 g/mol. The van der Waals surface area contributed by atoms with Crippen LogP contribution in [0.2, 0.25) is 5.02 Å². The van der Waals surface area contributed by atoms with Crippen LogP contribution in [0, 0.1) is 6.92 Å². The van der Waals surface area contributed by atoms with Crippen molar-refractivity contribution in [2.45, 2.75) is 45.2 Å². The van der Waals surface area contributed by atoms with Crippen molar-refractivity contribution in [3.8, 4) is 17.1 Å². The third kappa shape index (κ3) is 5.63. The van der Waals surface area contributed by atoms with Crippen molar-refractivity contribution in [3.05, 3.63) is 65.6 Å². The highest BCUT2D eigenvalue weighted by Crippen LogP contribution is 2.37. The van der Waals surface area contributed by atoms with E-state index >= 15 is 0 Å². The predicted octanol–water partition coefficient (Wildman–Crippen LogP) is 6.19. The molecule has 0 unspecified atom stereocenters. The Bertz CT molecular complexity index is 1710. The maximum absolute atomic E-state index is 13.8. The largest absolute Gasteiger partial charge is 0.462 e. The van der Waals surface area contributed by atoms with E-state index in [-0.39, 0.29) is 6.04 Å². The Kier molecular flexibility index (Phi) is 8.20. The molecule has 224 valence electrons. The fraction of sp³-hybridized carbons (Fsp3) is 0.394. The third-order valence-electron chi connectivity index (χ3n) is 8.79. The summed E-state index contributed by atoms with van der Waals surface area (Å²) >= 11 is 6.70.